The van der Waals surface area contributed by atoms with Gasteiger partial charge in [-0.2, -0.15) is 0 Å². The summed E-state index contributed by atoms with van der Waals surface area (Å²) in [4.78, 5) is 28.7. The molecule has 0 aliphatic heterocycles. The van der Waals surface area contributed by atoms with Crippen LogP contribution in [0.5, 0.6) is 0 Å². The van der Waals surface area contributed by atoms with Gasteiger partial charge in [-0.3, -0.25) is 13.9 Å². The van der Waals surface area contributed by atoms with Crippen molar-refractivity contribution >= 4 is 27.5 Å². The van der Waals surface area contributed by atoms with E-state index in [2.05, 4.69) is 5.32 Å². The fraction of sp³-hybridized carbons (Fsp3) is 0.161. The Balaban J connectivity index is 1.76. The number of hydrogen-bond donors (Lipinski definition) is 1. The van der Waals surface area contributed by atoms with Crippen molar-refractivity contribution in [2.24, 2.45) is 0 Å². The Bertz CT molecular complexity index is 1520. The van der Waals surface area contributed by atoms with Gasteiger partial charge in [0.05, 0.1) is 10.6 Å². The van der Waals surface area contributed by atoms with Crippen molar-refractivity contribution < 1.29 is 22.4 Å². The first-order chi connectivity index (χ1) is 19.3. The van der Waals surface area contributed by atoms with E-state index in [1.54, 1.807) is 18.2 Å². The van der Waals surface area contributed by atoms with E-state index >= 15 is 0 Å². The molecule has 4 aromatic rings. The number of anilines is 1. The predicted octanol–water partition coefficient (Wildman–Crippen LogP) is 4.41. The lowest BCUT2D eigenvalue weighted by molar-refractivity contribution is -0.139. The van der Waals surface area contributed by atoms with E-state index in [1.165, 1.54) is 36.2 Å². The molecule has 2 amide bonds. The Morgan fingerprint density at radius 3 is 1.85 bits per heavy atom. The number of rotatable bonds is 11. The highest BCUT2D eigenvalue weighted by molar-refractivity contribution is 7.92. The second kappa shape index (κ2) is 13.0. The molecule has 0 aliphatic rings. The maximum atomic E-state index is 14.1. The number of likely N-dealkylation sites (N-methyl/N-ethyl adjacent to an activating group) is 1. The second-order valence-corrected chi connectivity index (χ2v) is 11.0. The molecular formula is C31H30FN3O4S. The van der Waals surface area contributed by atoms with Crippen LogP contribution in [0.25, 0.3) is 0 Å². The average Bonchev–Trinajstić information content (AvgIpc) is 2.99. The third-order valence-corrected chi connectivity index (χ3v) is 8.23. The number of carbonyl (C=O) groups excluding carboxylic acids is 2. The normalized spacial score (nSPS) is 11.8. The van der Waals surface area contributed by atoms with Gasteiger partial charge < -0.3 is 10.2 Å². The summed E-state index contributed by atoms with van der Waals surface area (Å²) in [7, 11) is -2.72. The minimum atomic E-state index is -4.22. The molecule has 0 heterocycles. The number of sulfonamides is 1. The van der Waals surface area contributed by atoms with Crippen LogP contribution >= 0.6 is 0 Å². The first-order valence-electron chi connectivity index (χ1n) is 12.7. The molecule has 0 bridgehead atoms. The van der Waals surface area contributed by atoms with E-state index in [1.807, 2.05) is 60.7 Å². The summed E-state index contributed by atoms with van der Waals surface area (Å²) in [5.74, 6) is -1.51. The number of nitrogens with zero attached hydrogens (tertiary/aromatic N) is 2. The summed E-state index contributed by atoms with van der Waals surface area (Å²) in [6.45, 7) is -0.523. The van der Waals surface area contributed by atoms with Gasteiger partial charge in [-0.1, -0.05) is 78.9 Å². The van der Waals surface area contributed by atoms with E-state index in [0.29, 0.717) is 0 Å². The van der Waals surface area contributed by atoms with Crippen molar-refractivity contribution in [3.8, 4) is 0 Å². The van der Waals surface area contributed by atoms with Gasteiger partial charge in [0.1, 0.15) is 18.4 Å². The molecule has 1 N–H and O–H groups in total. The molecule has 0 saturated carbocycles. The molecule has 0 spiro atoms. The van der Waals surface area contributed by atoms with Crippen LogP contribution in [0, 0.1) is 5.82 Å². The van der Waals surface area contributed by atoms with E-state index in [9.17, 15) is 22.4 Å². The van der Waals surface area contributed by atoms with Crippen LogP contribution in [0.15, 0.2) is 120 Å². The second-order valence-electron chi connectivity index (χ2n) is 9.13. The van der Waals surface area contributed by atoms with E-state index in [4.69, 9.17) is 0 Å². The molecule has 0 aromatic heterocycles. The van der Waals surface area contributed by atoms with Crippen molar-refractivity contribution in [1.29, 1.82) is 0 Å². The van der Waals surface area contributed by atoms with Gasteiger partial charge in [0, 0.05) is 20.0 Å². The van der Waals surface area contributed by atoms with Crippen LogP contribution in [0.4, 0.5) is 10.1 Å². The quantitative estimate of drug-likeness (QED) is 0.295. The van der Waals surface area contributed by atoms with Crippen molar-refractivity contribution in [1.82, 2.24) is 10.2 Å². The van der Waals surface area contributed by atoms with Crippen molar-refractivity contribution in [3.05, 3.63) is 132 Å². The molecule has 7 nitrogen and oxygen atoms in total. The highest BCUT2D eigenvalue weighted by atomic mass is 32.2. The van der Waals surface area contributed by atoms with Gasteiger partial charge in [0.15, 0.2) is 0 Å². The maximum Gasteiger partial charge on any atom is 0.264 e. The fourth-order valence-electron chi connectivity index (χ4n) is 4.36. The van der Waals surface area contributed by atoms with Gasteiger partial charge in [-0.15, -0.1) is 0 Å². The highest BCUT2D eigenvalue weighted by Crippen LogP contribution is 2.25. The molecular weight excluding hydrogens is 529 g/mol. The molecule has 0 radical (unpaired) electrons. The topological polar surface area (TPSA) is 86.8 Å². The molecule has 40 heavy (non-hydrogen) atoms. The van der Waals surface area contributed by atoms with Gasteiger partial charge >= 0.3 is 0 Å². The Kier molecular flexibility index (Phi) is 9.29. The Morgan fingerprint density at radius 2 is 1.30 bits per heavy atom. The molecule has 0 saturated heterocycles. The summed E-state index contributed by atoms with van der Waals surface area (Å²) >= 11 is 0. The summed E-state index contributed by atoms with van der Waals surface area (Å²) in [5, 5.41) is 2.65. The molecule has 1 atom stereocenters. The number of carbonyl (C=O) groups is 2. The van der Waals surface area contributed by atoms with Crippen molar-refractivity contribution in [3.63, 3.8) is 0 Å². The van der Waals surface area contributed by atoms with Gasteiger partial charge in [0.25, 0.3) is 10.0 Å². The molecule has 9 heteroatoms. The zero-order valence-corrected chi connectivity index (χ0v) is 22.8. The highest BCUT2D eigenvalue weighted by Gasteiger charge is 2.34. The standard InChI is InChI=1S/C31H30FN3O4S/c1-33-31(37)29(21-24-11-5-2-6-12-24)34(22-25-13-7-3-8-14-25)30(36)23-35(27-19-17-26(32)18-20-27)40(38,39)28-15-9-4-10-16-28/h2-20,29H,21-23H2,1H3,(H,33,37)/t29-/m1/s1. The zero-order chi connectivity index (χ0) is 28.5. The van der Waals surface area contributed by atoms with Crippen molar-refractivity contribution in [2.45, 2.75) is 23.9 Å². The molecule has 4 rings (SSSR count). The van der Waals surface area contributed by atoms with Gasteiger partial charge in [0.2, 0.25) is 11.8 Å². The monoisotopic (exact) mass is 559 g/mol. The third-order valence-electron chi connectivity index (χ3n) is 6.44. The number of hydrogen-bond acceptors (Lipinski definition) is 4. The summed E-state index contributed by atoms with van der Waals surface area (Å²) < 4.78 is 42.2. The lowest BCUT2D eigenvalue weighted by atomic mass is 10.0. The molecule has 206 valence electrons. The van der Waals surface area contributed by atoms with E-state index in [-0.39, 0.29) is 29.5 Å². The largest absolute Gasteiger partial charge is 0.357 e. The Hall–Kier alpha value is -4.50. The average molecular weight is 560 g/mol. The van der Waals surface area contributed by atoms with E-state index < -0.39 is 34.3 Å². The first-order valence-corrected chi connectivity index (χ1v) is 14.2. The van der Waals surface area contributed by atoms with Crippen LogP contribution in [0.3, 0.4) is 0 Å². The van der Waals surface area contributed by atoms with E-state index in [0.717, 1.165) is 27.6 Å². The molecule has 0 unspecified atom stereocenters. The molecule has 0 aliphatic carbocycles. The lowest BCUT2D eigenvalue weighted by Crippen LogP contribution is -2.53. The van der Waals surface area contributed by atoms with Crippen LogP contribution in [-0.2, 0) is 32.6 Å². The van der Waals surface area contributed by atoms with Crippen molar-refractivity contribution in [2.75, 3.05) is 17.9 Å². The van der Waals surface area contributed by atoms with Crippen LogP contribution in [-0.4, -0.2) is 44.8 Å². The van der Waals surface area contributed by atoms with Crippen LogP contribution < -0.4 is 9.62 Å². The maximum absolute atomic E-state index is 14.1. The predicted molar refractivity (Wildman–Crippen MR) is 152 cm³/mol. The lowest BCUT2D eigenvalue weighted by Gasteiger charge is -2.33. The minimum Gasteiger partial charge on any atom is -0.357 e. The number of amides is 2. The minimum absolute atomic E-state index is 0.0196. The summed E-state index contributed by atoms with van der Waals surface area (Å²) in [5.41, 5.74) is 1.74. The third kappa shape index (κ3) is 6.92. The zero-order valence-electron chi connectivity index (χ0n) is 22.0. The smallest absolute Gasteiger partial charge is 0.264 e. The van der Waals surface area contributed by atoms with Crippen LogP contribution in [0.1, 0.15) is 11.1 Å². The fourth-order valence-corrected chi connectivity index (χ4v) is 5.79. The molecule has 0 fully saturated rings. The molecule has 4 aromatic carbocycles. The Morgan fingerprint density at radius 1 is 0.775 bits per heavy atom. The summed E-state index contributed by atoms with van der Waals surface area (Å²) in [6, 6.07) is 30.2. The first kappa shape index (κ1) is 28.5. The SMILES string of the molecule is CNC(=O)[C@@H](Cc1ccccc1)N(Cc1ccccc1)C(=O)CN(c1ccc(F)cc1)S(=O)(=O)c1ccccc1. The number of halogens is 1. The number of benzene rings is 4. The van der Waals surface area contributed by atoms with Gasteiger partial charge in [-0.25, -0.2) is 12.8 Å². The summed E-state index contributed by atoms with van der Waals surface area (Å²) in [6.07, 6.45) is 0.223. The van der Waals surface area contributed by atoms with Gasteiger partial charge in [-0.05, 0) is 47.5 Å². The number of nitrogens with one attached hydrogen (secondary N) is 1. The van der Waals surface area contributed by atoms with Crippen LogP contribution in [0.2, 0.25) is 0 Å². The Labute approximate surface area is 233 Å².